The van der Waals surface area contributed by atoms with E-state index < -0.39 is 10.7 Å². The summed E-state index contributed by atoms with van der Waals surface area (Å²) in [6, 6.07) is 18.7. The average molecular weight is 440 g/mol. The molecule has 0 fully saturated rings. The Bertz CT molecular complexity index is 1040. The number of ketones is 1. The number of para-hydroxylation sites is 1. The molecule has 1 N–H and O–H groups in total. The number of aromatic hydroxyl groups is 1. The topological polar surface area (TPSA) is 89.7 Å². The highest BCUT2D eigenvalue weighted by Crippen LogP contribution is 2.25. The number of hydrogen-bond donors (Lipinski definition) is 1. The summed E-state index contributed by atoms with van der Waals surface area (Å²) in [7, 11) is 0. The summed E-state index contributed by atoms with van der Waals surface area (Å²) in [5.41, 5.74) is 0.717. The monoisotopic (exact) mass is 439 g/mol. The number of carbonyl (C=O) groups is 1. The zero-order valence-corrected chi connectivity index (χ0v) is 16.0. The number of nitro groups is 1. The summed E-state index contributed by atoms with van der Waals surface area (Å²) in [5, 5.41) is 20.8. The molecule has 0 aliphatic rings. The van der Waals surface area contributed by atoms with Gasteiger partial charge in [-0.05, 0) is 48.5 Å². The van der Waals surface area contributed by atoms with Gasteiger partial charge < -0.3 is 9.84 Å². The largest absolute Gasteiger partial charge is 0.507 e. The molecule has 0 amide bonds. The number of Topliss-reactive ketones (excluding diaryl/α,β-unsaturated/α-hetero) is 1. The maximum atomic E-state index is 13.0. The van der Waals surface area contributed by atoms with Gasteiger partial charge in [-0.2, -0.15) is 0 Å². The number of non-ortho nitro benzene ring substituents is 1. The first-order chi connectivity index (χ1) is 13.4. The SMILES string of the molecule is O=C(/C(=C\c1ccccc1O)Oc1ccc([N+](=O)[O-])cc1)c1ccc(Br)cc1. The quantitative estimate of drug-likeness (QED) is 0.183. The number of benzene rings is 3. The number of allylic oxidation sites excluding steroid dienone is 1. The average Bonchev–Trinajstić information content (AvgIpc) is 2.69. The van der Waals surface area contributed by atoms with Gasteiger partial charge in [-0.1, -0.05) is 34.1 Å². The van der Waals surface area contributed by atoms with Crippen LogP contribution in [0, 0.1) is 10.1 Å². The van der Waals surface area contributed by atoms with Gasteiger partial charge in [0.15, 0.2) is 5.76 Å². The van der Waals surface area contributed by atoms with Gasteiger partial charge in [0.2, 0.25) is 5.78 Å². The molecule has 0 heterocycles. The molecule has 6 nitrogen and oxygen atoms in total. The van der Waals surface area contributed by atoms with Gasteiger partial charge in [-0.25, -0.2) is 0 Å². The molecule has 28 heavy (non-hydrogen) atoms. The van der Waals surface area contributed by atoms with Crippen molar-refractivity contribution in [2.75, 3.05) is 0 Å². The van der Waals surface area contributed by atoms with Crippen LogP contribution in [0.1, 0.15) is 15.9 Å². The van der Waals surface area contributed by atoms with Gasteiger partial charge in [0.05, 0.1) is 4.92 Å². The van der Waals surface area contributed by atoms with E-state index in [4.69, 9.17) is 4.74 Å². The number of phenols is 1. The van der Waals surface area contributed by atoms with Gasteiger partial charge in [0.1, 0.15) is 11.5 Å². The number of nitro benzene ring substituents is 1. The third-order valence-electron chi connectivity index (χ3n) is 3.83. The minimum atomic E-state index is -0.518. The summed E-state index contributed by atoms with van der Waals surface area (Å²) in [4.78, 5) is 23.2. The van der Waals surface area contributed by atoms with Crippen molar-refractivity contribution in [3.63, 3.8) is 0 Å². The lowest BCUT2D eigenvalue weighted by molar-refractivity contribution is -0.384. The number of halogens is 1. The fourth-order valence-corrected chi connectivity index (χ4v) is 2.66. The Kier molecular flexibility index (Phi) is 5.86. The van der Waals surface area contributed by atoms with E-state index in [1.165, 1.54) is 36.4 Å². The summed E-state index contributed by atoms with van der Waals surface area (Å²) in [5.74, 6) is -0.166. The first kappa shape index (κ1) is 19.3. The second-order valence-electron chi connectivity index (χ2n) is 5.76. The van der Waals surface area contributed by atoms with Crippen LogP contribution in [-0.4, -0.2) is 15.8 Å². The van der Waals surface area contributed by atoms with Crippen LogP contribution in [0.3, 0.4) is 0 Å². The molecule has 3 aromatic carbocycles. The lowest BCUT2D eigenvalue weighted by atomic mass is 10.1. The molecule has 7 heteroatoms. The van der Waals surface area contributed by atoms with Crippen molar-refractivity contribution in [3.05, 3.63) is 104 Å². The normalized spacial score (nSPS) is 11.1. The summed E-state index contributed by atoms with van der Waals surface area (Å²) >= 11 is 3.32. The Labute approximate surface area is 169 Å². The minimum Gasteiger partial charge on any atom is -0.507 e. The van der Waals surface area contributed by atoms with E-state index in [0.717, 1.165) is 4.47 Å². The predicted molar refractivity (Wildman–Crippen MR) is 108 cm³/mol. The molecule has 0 spiro atoms. The van der Waals surface area contributed by atoms with Crippen molar-refractivity contribution in [3.8, 4) is 11.5 Å². The minimum absolute atomic E-state index is 0.00379. The van der Waals surface area contributed by atoms with Crippen LogP contribution in [-0.2, 0) is 0 Å². The van der Waals surface area contributed by atoms with Crippen molar-refractivity contribution in [2.45, 2.75) is 0 Å². The molecule has 0 bridgehead atoms. The van der Waals surface area contributed by atoms with Gasteiger partial charge in [0.25, 0.3) is 5.69 Å². The highest BCUT2D eigenvalue weighted by Gasteiger charge is 2.17. The molecule has 0 aromatic heterocycles. The Morgan fingerprint density at radius 1 is 1.00 bits per heavy atom. The van der Waals surface area contributed by atoms with Crippen LogP contribution < -0.4 is 4.74 Å². The zero-order valence-electron chi connectivity index (χ0n) is 14.4. The molecule has 0 saturated carbocycles. The molecule has 3 rings (SSSR count). The third kappa shape index (κ3) is 4.63. The number of rotatable bonds is 6. The second-order valence-corrected chi connectivity index (χ2v) is 6.67. The zero-order chi connectivity index (χ0) is 20.1. The van der Waals surface area contributed by atoms with E-state index in [1.54, 1.807) is 42.5 Å². The van der Waals surface area contributed by atoms with Crippen LogP contribution in [0.5, 0.6) is 11.5 Å². The number of ether oxygens (including phenoxy) is 1. The number of hydrogen-bond acceptors (Lipinski definition) is 5. The lowest BCUT2D eigenvalue weighted by Gasteiger charge is -2.10. The number of carbonyl (C=O) groups excluding carboxylic acids is 1. The Hall–Kier alpha value is -3.45. The first-order valence-corrected chi connectivity index (χ1v) is 8.95. The Balaban J connectivity index is 1.98. The van der Waals surface area contributed by atoms with Gasteiger partial charge in [0, 0.05) is 27.7 Å². The maximum absolute atomic E-state index is 13.0. The molecule has 0 unspecified atom stereocenters. The molecular formula is C21H14BrNO5. The van der Waals surface area contributed by atoms with Crippen LogP contribution in [0.4, 0.5) is 5.69 Å². The highest BCUT2D eigenvalue weighted by molar-refractivity contribution is 9.10. The molecule has 0 radical (unpaired) electrons. The van der Waals surface area contributed by atoms with E-state index in [-0.39, 0.29) is 22.9 Å². The molecule has 140 valence electrons. The summed E-state index contributed by atoms with van der Waals surface area (Å²) in [6.45, 7) is 0. The highest BCUT2D eigenvalue weighted by atomic mass is 79.9. The number of phenolic OH excluding ortho intramolecular Hbond substituents is 1. The molecule has 0 aliphatic carbocycles. The van der Waals surface area contributed by atoms with E-state index in [9.17, 15) is 20.0 Å². The molecule has 0 saturated heterocycles. The van der Waals surface area contributed by atoms with Crippen molar-refractivity contribution >= 4 is 33.5 Å². The van der Waals surface area contributed by atoms with Crippen molar-refractivity contribution in [1.82, 2.24) is 0 Å². The lowest BCUT2D eigenvalue weighted by Crippen LogP contribution is -2.09. The first-order valence-electron chi connectivity index (χ1n) is 8.16. The van der Waals surface area contributed by atoms with E-state index in [2.05, 4.69) is 15.9 Å². The van der Waals surface area contributed by atoms with Crippen molar-refractivity contribution in [1.29, 1.82) is 0 Å². The number of nitrogens with zero attached hydrogens (tertiary/aromatic N) is 1. The van der Waals surface area contributed by atoms with E-state index in [1.807, 2.05) is 0 Å². The maximum Gasteiger partial charge on any atom is 0.269 e. The fraction of sp³-hybridized carbons (Fsp3) is 0. The standard InChI is InChI=1S/C21H14BrNO5/c22-16-7-5-14(6-8-16)21(25)20(13-15-3-1-2-4-19(15)24)28-18-11-9-17(10-12-18)23(26)27/h1-13,24H/b20-13+. The fourth-order valence-electron chi connectivity index (χ4n) is 2.40. The van der Waals surface area contributed by atoms with Gasteiger partial charge in [-0.15, -0.1) is 0 Å². The van der Waals surface area contributed by atoms with Crippen LogP contribution in [0.2, 0.25) is 0 Å². The van der Waals surface area contributed by atoms with Crippen molar-refractivity contribution in [2.24, 2.45) is 0 Å². The smallest absolute Gasteiger partial charge is 0.269 e. The molecule has 0 aliphatic heterocycles. The van der Waals surface area contributed by atoms with E-state index >= 15 is 0 Å². The summed E-state index contributed by atoms with van der Waals surface area (Å²) < 4.78 is 6.55. The van der Waals surface area contributed by atoms with Gasteiger partial charge in [-0.3, -0.25) is 14.9 Å². The Morgan fingerprint density at radius 2 is 1.64 bits per heavy atom. The molecule has 3 aromatic rings. The van der Waals surface area contributed by atoms with Crippen LogP contribution in [0.25, 0.3) is 6.08 Å². The van der Waals surface area contributed by atoms with Gasteiger partial charge >= 0.3 is 0 Å². The predicted octanol–water partition coefficient (Wildman–Crippen LogP) is 5.37. The van der Waals surface area contributed by atoms with Crippen molar-refractivity contribution < 1.29 is 19.6 Å². The molecular weight excluding hydrogens is 426 g/mol. The second kappa shape index (κ2) is 8.49. The van der Waals surface area contributed by atoms with E-state index in [0.29, 0.717) is 11.1 Å². The third-order valence-corrected chi connectivity index (χ3v) is 4.36. The molecule has 0 atom stereocenters. The summed E-state index contributed by atoms with van der Waals surface area (Å²) in [6.07, 6.45) is 1.43. The Morgan fingerprint density at radius 3 is 2.25 bits per heavy atom. The van der Waals surface area contributed by atoms with Crippen LogP contribution >= 0.6 is 15.9 Å². The van der Waals surface area contributed by atoms with Crippen LogP contribution in [0.15, 0.2) is 83.0 Å².